The highest BCUT2D eigenvalue weighted by atomic mass is 16.5. The third-order valence-electron chi connectivity index (χ3n) is 6.57. The second kappa shape index (κ2) is 11.6. The van der Waals surface area contributed by atoms with Gasteiger partial charge in [-0.05, 0) is 44.2 Å². The topological polar surface area (TPSA) is 115 Å². The lowest BCUT2D eigenvalue weighted by atomic mass is 10.1. The fourth-order valence-electron chi connectivity index (χ4n) is 4.84. The number of ether oxygens (including phenoxy) is 4. The Balaban J connectivity index is 1.33. The zero-order chi connectivity index (χ0) is 26.5. The van der Waals surface area contributed by atoms with Gasteiger partial charge in [-0.2, -0.15) is 10.2 Å². The summed E-state index contributed by atoms with van der Waals surface area (Å²) in [6.07, 6.45) is 3.44. The molecule has 5 rings (SSSR count). The summed E-state index contributed by atoms with van der Waals surface area (Å²) in [6, 6.07) is 13.5. The summed E-state index contributed by atoms with van der Waals surface area (Å²) in [6.45, 7) is 7.03. The molecule has 0 aliphatic carbocycles. The second-order valence-corrected chi connectivity index (χ2v) is 9.55. The van der Waals surface area contributed by atoms with Gasteiger partial charge in [0.05, 0.1) is 43.8 Å². The number of aromatic nitrogens is 3. The van der Waals surface area contributed by atoms with E-state index in [4.69, 9.17) is 18.9 Å². The largest absolute Gasteiger partial charge is 0.489 e. The van der Waals surface area contributed by atoms with Crippen LogP contribution in [0.15, 0.2) is 42.7 Å². The number of hydrogen-bond donors (Lipinski definition) is 1. The highest BCUT2D eigenvalue weighted by Crippen LogP contribution is 2.32. The van der Waals surface area contributed by atoms with E-state index in [-0.39, 0.29) is 18.3 Å². The molecule has 2 aromatic heterocycles. The lowest BCUT2D eigenvalue weighted by Crippen LogP contribution is -2.45. The van der Waals surface area contributed by atoms with Crippen molar-refractivity contribution in [3.63, 3.8) is 0 Å². The number of anilines is 3. The Bertz CT molecular complexity index is 1300. The van der Waals surface area contributed by atoms with Crippen LogP contribution >= 0.6 is 0 Å². The van der Waals surface area contributed by atoms with E-state index in [0.717, 1.165) is 37.2 Å². The second-order valence-electron chi connectivity index (χ2n) is 9.55. The van der Waals surface area contributed by atoms with E-state index >= 15 is 0 Å². The minimum atomic E-state index is 0.0579. The van der Waals surface area contributed by atoms with Crippen LogP contribution in [0, 0.1) is 11.3 Å². The summed E-state index contributed by atoms with van der Waals surface area (Å²) in [5.74, 6) is 2.29. The number of nitriles is 1. The van der Waals surface area contributed by atoms with Crippen molar-refractivity contribution in [1.82, 2.24) is 15.0 Å². The van der Waals surface area contributed by atoms with Crippen LogP contribution in [0.2, 0.25) is 0 Å². The molecular weight excluding hydrogens is 484 g/mol. The lowest BCUT2D eigenvalue weighted by Gasteiger charge is -2.37. The number of methoxy groups -OCH3 is 1. The molecule has 0 unspecified atom stereocenters. The number of morpholine rings is 1. The zero-order valence-electron chi connectivity index (χ0n) is 21.9. The smallest absolute Gasteiger partial charge is 0.239 e. The Morgan fingerprint density at radius 1 is 1.03 bits per heavy atom. The predicted octanol–water partition coefficient (Wildman–Crippen LogP) is 4.33. The molecular formula is C28H32N6O4. The Morgan fingerprint density at radius 2 is 1.82 bits per heavy atom. The minimum absolute atomic E-state index is 0.0579. The molecule has 0 spiro atoms. The van der Waals surface area contributed by atoms with Crippen LogP contribution in [0.1, 0.15) is 32.3 Å². The molecule has 10 heteroatoms. The first kappa shape index (κ1) is 25.7. The SMILES string of the molecule is COc1nc(Nc2cc(-c3ccc(OC4CCOCC4)c(C#N)c3)ncn2)ccc1N1C[C@@H](C)O[C@@H](C)C1. The molecule has 2 saturated heterocycles. The molecule has 4 heterocycles. The van der Waals surface area contributed by atoms with Gasteiger partial charge in [-0.3, -0.25) is 0 Å². The summed E-state index contributed by atoms with van der Waals surface area (Å²) in [5, 5.41) is 13.0. The fraction of sp³-hybridized carbons (Fsp3) is 0.429. The highest BCUT2D eigenvalue weighted by Gasteiger charge is 2.25. The maximum atomic E-state index is 9.73. The highest BCUT2D eigenvalue weighted by molar-refractivity contribution is 5.68. The number of nitrogens with zero attached hydrogens (tertiary/aromatic N) is 5. The first-order valence-electron chi connectivity index (χ1n) is 12.9. The molecule has 38 heavy (non-hydrogen) atoms. The number of pyridine rings is 1. The van der Waals surface area contributed by atoms with Crippen molar-refractivity contribution in [2.24, 2.45) is 0 Å². The maximum absolute atomic E-state index is 9.73. The number of benzene rings is 1. The monoisotopic (exact) mass is 516 g/mol. The molecule has 10 nitrogen and oxygen atoms in total. The van der Waals surface area contributed by atoms with E-state index in [1.54, 1.807) is 13.2 Å². The number of nitrogens with one attached hydrogen (secondary N) is 1. The van der Waals surface area contributed by atoms with E-state index in [1.807, 2.05) is 30.3 Å². The molecule has 0 radical (unpaired) electrons. The number of rotatable bonds is 7. The Hall–Kier alpha value is -3.94. The average Bonchev–Trinajstić information content (AvgIpc) is 2.93. The van der Waals surface area contributed by atoms with Crippen LogP contribution in [0.3, 0.4) is 0 Å². The van der Waals surface area contributed by atoms with Crippen LogP contribution in [-0.2, 0) is 9.47 Å². The summed E-state index contributed by atoms with van der Waals surface area (Å²) in [5.41, 5.74) is 2.87. The van der Waals surface area contributed by atoms with Gasteiger partial charge in [-0.1, -0.05) is 0 Å². The van der Waals surface area contributed by atoms with Crippen molar-refractivity contribution in [3.8, 4) is 29.0 Å². The van der Waals surface area contributed by atoms with Gasteiger partial charge in [0.1, 0.15) is 41.6 Å². The summed E-state index contributed by atoms with van der Waals surface area (Å²) < 4.78 is 22.9. The maximum Gasteiger partial charge on any atom is 0.239 e. The predicted molar refractivity (Wildman–Crippen MR) is 143 cm³/mol. The van der Waals surface area contributed by atoms with Gasteiger partial charge < -0.3 is 29.2 Å². The molecule has 0 bridgehead atoms. The van der Waals surface area contributed by atoms with Crippen molar-refractivity contribution in [2.45, 2.75) is 45.0 Å². The van der Waals surface area contributed by atoms with Gasteiger partial charge in [0.2, 0.25) is 5.88 Å². The fourth-order valence-corrected chi connectivity index (χ4v) is 4.84. The zero-order valence-corrected chi connectivity index (χ0v) is 21.9. The van der Waals surface area contributed by atoms with Gasteiger partial charge >= 0.3 is 0 Å². The van der Waals surface area contributed by atoms with Crippen molar-refractivity contribution in [1.29, 1.82) is 5.26 Å². The van der Waals surface area contributed by atoms with Gasteiger partial charge in [0.25, 0.3) is 0 Å². The Morgan fingerprint density at radius 3 is 2.55 bits per heavy atom. The Labute approximate surface area is 222 Å². The molecule has 1 N–H and O–H groups in total. The summed E-state index contributed by atoms with van der Waals surface area (Å²) in [7, 11) is 1.62. The van der Waals surface area contributed by atoms with E-state index in [1.165, 1.54) is 6.33 Å². The molecule has 0 amide bonds. The van der Waals surface area contributed by atoms with E-state index in [0.29, 0.717) is 47.7 Å². The quantitative estimate of drug-likeness (QED) is 0.486. The number of hydrogen-bond acceptors (Lipinski definition) is 10. The van der Waals surface area contributed by atoms with Crippen molar-refractivity contribution in [3.05, 3.63) is 48.3 Å². The molecule has 1 aromatic carbocycles. The third kappa shape index (κ3) is 5.96. The van der Waals surface area contributed by atoms with Crippen LogP contribution in [0.5, 0.6) is 11.6 Å². The van der Waals surface area contributed by atoms with Gasteiger partial charge in [-0.25, -0.2) is 9.97 Å². The molecule has 0 saturated carbocycles. The molecule has 2 atom stereocenters. The third-order valence-corrected chi connectivity index (χ3v) is 6.57. The lowest BCUT2D eigenvalue weighted by molar-refractivity contribution is -0.00535. The van der Waals surface area contributed by atoms with Crippen LogP contribution in [0.4, 0.5) is 17.3 Å². The van der Waals surface area contributed by atoms with Crippen molar-refractivity contribution in [2.75, 3.05) is 43.6 Å². The molecule has 2 fully saturated rings. The van der Waals surface area contributed by atoms with Crippen LogP contribution < -0.4 is 19.7 Å². The van der Waals surface area contributed by atoms with Crippen LogP contribution in [0.25, 0.3) is 11.3 Å². The molecule has 3 aromatic rings. The normalized spacial score (nSPS) is 20.0. The van der Waals surface area contributed by atoms with Gasteiger partial charge in [0, 0.05) is 37.6 Å². The van der Waals surface area contributed by atoms with E-state index in [9.17, 15) is 5.26 Å². The standard InChI is InChI=1S/C28H32N6O4/c1-18-15-34(16-19(2)37-18)24-5-7-26(33-28(24)35-3)32-27-13-23(30-17-31-27)20-4-6-25(21(12-20)14-29)38-22-8-10-36-11-9-22/h4-7,12-13,17-19,22H,8-11,15-16H2,1-3H3,(H,30,31,32,33)/t18-,19+. The van der Waals surface area contributed by atoms with Gasteiger partial charge in [-0.15, -0.1) is 0 Å². The minimum Gasteiger partial charge on any atom is -0.489 e. The Kier molecular flexibility index (Phi) is 7.86. The molecule has 2 aliphatic heterocycles. The first-order valence-corrected chi connectivity index (χ1v) is 12.9. The van der Waals surface area contributed by atoms with Crippen LogP contribution in [-0.4, -0.2) is 66.7 Å². The van der Waals surface area contributed by atoms with E-state index < -0.39 is 0 Å². The van der Waals surface area contributed by atoms with E-state index in [2.05, 4.69) is 45.1 Å². The summed E-state index contributed by atoms with van der Waals surface area (Å²) >= 11 is 0. The average molecular weight is 517 g/mol. The van der Waals surface area contributed by atoms with Crippen molar-refractivity contribution < 1.29 is 18.9 Å². The first-order chi connectivity index (χ1) is 18.5. The van der Waals surface area contributed by atoms with Gasteiger partial charge in [0.15, 0.2) is 0 Å². The summed E-state index contributed by atoms with van der Waals surface area (Å²) in [4.78, 5) is 15.7. The molecule has 2 aliphatic rings. The van der Waals surface area contributed by atoms with Crippen molar-refractivity contribution >= 4 is 17.3 Å². The molecule has 198 valence electrons.